The van der Waals surface area contributed by atoms with Gasteiger partial charge in [-0.3, -0.25) is 0 Å². The van der Waals surface area contributed by atoms with Gasteiger partial charge in [-0.2, -0.15) is 0 Å². The summed E-state index contributed by atoms with van der Waals surface area (Å²) in [6, 6.07) is 61.6. The van der Waals surface area contributed by atoms with Crippen LogP contribution in [0.5, 0.6) is 0 Å². The van der Waals surface area contributed by atoms with E-state index >= 15 is 0 Å². The average Bonchev–Trinajstić information content (AvgIpc) is 3.85. The summed E-state index contributed by atoms with van der Waals surface area (Å²) in [5.74, 6) is 1.34. The molecule has 0 aliphatic carbocycles. The normalized spacial score (nSPS) is 11.6. The third-order valence-electron chi connectivity index (χ3n) is 10.3. The van der Waals surface area contributed by atoms with Crippen molar-refractivity contribution in [2.75, 3.05) is 0 Å². The Bertz CT molecular complexity index is 3170. The fourth-order valence-electron chi connectivity index (χ4n) is 7.61. The number of para-hydroxylation sites is 1. The van der Waals surface area contributed by atoms with Crippen molar-refractivity contribution in [2.24, 2.45) is 0 Å². The van der Waals surface area contributed by atoms with Crippen LogP contribution in [0.15, 0.2) is 191 Å². The maximum atomic E-state index is 6.58. The van der Waals surface area contributed by atoms with Gasteiger partial charge < -0.3 is 8.83 Å². The predicted octanol–water partition coefficient (Wildman–Crippen LogP) is 13.1. The Hall–Kier alpha value is -7.70. The van der Waals surface area contributed by atoms with Gasteiger partial charge in [-0.15, -0.1) is 0 Å². The van der Waals surface area contributed by atoms with E-state index in [-0.39, 0.29) is 0 Å². The first-order valence-electron chi connectivity index (χ1n) is 18.5. The van der Waals surface area contributed by atoms with Gasteiger partial charge in [-0.25, -0.2) is 19.9 Å². The molecular formula is C50H30N4O2. The van der Waals surface area contributed by atoms with Gasteiger partial charge in [0.15, 0.2) is 17.2 Å². The number of fused-ring (bicyclic) bond motifs is 6. The molecule has 0 aliphatic rings. The van der Waals surface area contributed by atoms with Crippen LogP contribution in [0, 0.1) is 0 Å². The fraction of sp³-hybridized carbons (Fsp3) is 0. The molecule has 11 aromatic rings. The van der Waals surface area contributed by atoms with E-state index < -0.39 is 0 Å². The highest BCUT2D eigenvalue weighted by Crippen LogP contribution is 2.41. The van der Waals surface area contributed by atoms with Gasteiger partial charge >= 0.3 is 0 Å². The summed E-state index contributed by atoms with van der Waals surface area (Å²) in [6.45, 7) is 0. The van der Waals surface area contributed by atoms with Crippen LogP contribution < -0.4 is 0 Å². The Morgan fingerprint density at radius 2 is 0.911 bits per heavy atom. The van der Waals surface area contributed by atoms with Crippen LogP contribution in [-0.4, -0.2) is 19.9 Å². The zero-order valence-corrected chi connectivity index (χ0v) is 29.9. The quantitative estimate of drug-likeness (QED) is 0.170. The molecule has 0 bridgehead atoms. The van der Waals surface area contributed by atoms with Gasteiger partial charge in [-0.05, 0) is 47.5 Å². The molecule has 6 heteroatoms. The SMILES string of the molecule is c1ccc(-c2cc(-c3ccc(-c4cccc5oc6cc(-c7nc(-c8ccccc8)nc8c7oc7ccccc78)ccc6c45)cc3)nc(-c3ccccc3)n2)cc1. The van der Waals surface area contributed by atoms with Crippen LogP contribution >= 0.6 is 0 Å². The van der Waals surface area contributed by atoms with Crippen LogP contribution in [0.2, 0.25) is 0 Å². The molecule has 11 rings (SSSR count). The molecule has 4 heterocycles. The summed E-state index contributed by atoms with van der Waals surface area (Å²) >= 11 is 0. The van der Waals surface area contributed by atoms with Crippen molar-refractivity contribution in [2.45, 2.75) is 0 Å². The lowest BCUT2D eigenvalue weighted by Gasteiger charge is -2.10. The zero-order chi connectivity index (χ0) is 37.0. The maximum absolute atomic E-state index is 6.58. The van der Waals surface area contributed by atoms with E-state index in [0.717, 1.165) is 94.5 Å². The first kappa shape index (κ1) is 31.8. The van der Waals surface area contributed by atoms with E-state index in [1.807, 2.05) is 115 Å². The second-order valence-electron chi connectivity index (χ2n) is 13.8. The first-order valence-corrected chi connectivity index (χ1v) is 18.5. The molecule has 0 N–H and O–H groups in total. The Morgan fingerprint density at radius 1 is 0.339 bits per heavy atom. The third kappa shape index (κ3) is 5.43. The van der Waals surface area contributed by atoms with E-state index in [1.54, 1.807) is 0 Å². The maximum Gasteiger partial charge on any atom is 0.180 e. The minimum Gasteiger partial charge on any atom is -0.456 e. The molecule has 0 fully saturated rings. The molecule has 4 aromatic heterocycles. The lowest BCUT2D eigenvalue weighted by atomic mass is 9.97. The molecule has 0 radical (unpaired) electrons. The lowest BCUT2D eigenvalue weighted by Crippen LogP contribution is -1.95. The first-order chi connectivity index (χ1) is 27.7. The number of benzene rings is 7. The minimum absolute atomic E-state index is 0.643. The summed E-state index contributed by atoms with van der Waals surface area (Å²) < 4.78 is 13.0. The number of hydrogen-bond donors (Lipinski definition) is 0. The average molecular weight is 719 g/mol. The highest BCUT2D eigenvalue weighted by atomic mass is 16.3. The van der Waals surface area contributed by atoms with Gasteiger partial charge in [-0.1, -0.05) is 146 Å². The molecule has 0 atom stereocenters. The van der Waals surface area contributed by atoms with Crippen molar-refractivity contribution in [1.82, 2.24) is 19.9 Å². The third-order valence-corrected chi connectivity index (χ3v) is 10.3. The Kier molecular flexibility index (Phi) is 7.38. The van der Waals surface area contributed by atoms with Gasteiger partial charge in [0, 0.05) is 44.0 Å². The Labute approximate surface area is 321 Å². The van der Waals surface area contributed by atoms with Crippen LogP contribution in [0.4, 0.5) is 0 Å². The van der Waals surface area contributed by atoms with E-state index in [9.17, 15) is 0 Å². The Balaban J connectivity index is 1.01. The second-order valence-corrected chi connectivity index (χ2v) is 13.8. The molecule has 56 heavy (non-hydrogen) atoms. The number of rotatable bonds is 6. The standard InChI is InChI=1S/C50H30N4O2/c1-4-13-32(14-5-1)40-30-41(52-49(51-40)34-15-6-2-7-16-34)33-25-23-31(24-26-33)37-20-12-22-43-45(37)38-28-27-36(29-44(38)55-43)46-48-47(39-19-10-11-21-42(39)56-48)54-50(53-46)35-17-8-3-9-18-35/h1-30H. The predicted molar refractivity (Wildman–Crippen MR) is 225 cm³/mol. The fourth-order valence-corrected chi connectivity index (χ4v) is 7.61. The molecule has 7 aromatic carbocycles. The van der Waals surface area contributed by atoms with Crippen molar-refractivity contribution in [3.05, 3.63) is 182 Å². The van der Waals surface area contributed by atoms with Crippen LogP contribution in [0.3, 0.4) is 0 Å². The summed E-state index contributed by atoms with van der Waals surface area (Å²) in [6.07, 6.45) is 0. The second kappa shape index (κ2) is 13.0. The highest BCUT2D eigenvalue weighted by Gasteiger charge is 2.20. The number of furan rings is 2. The largest absolute Gasteiger partial charge is 0.456 e. The van der Waals surface area contributed by atoms with Crippen molar-refractivity contribution >= 4 is 44.0 Å². The minimum atomic E-state index is 0.643. The van der Waals surface area contributed by atoms with Crippen LogP contribution in [0.1, 0.15) is 0 Å². The number of nitrogens with zero attached hydrogens (tertiary/aromatic N) is 4. The van der Waals surface area contributed by atoms with E-state index in [2.05, 4.69) is 66.7 Å². The van der Waals surface area contributed by atoms with Crippen molar-refractivity contribution in [3.63, 3.8) is 0 Å². The molecule has 0 aliphatic heterocycles. The summed E-state index contributed by atoms with van der Waals surface area (Å²) in [4.78, 5) is 20.1. The van der Waals surface area contributed by atoms with Crippen molar-refractivity contribution in [1.29, 1.82) is 0 Å². The number of aromatic nitrogens is 4. The molecule has 6 nitrogen and oxygen atoms in total. The van der Waals surface area contributed by atoms with E-state index in [1.165, 1.54) is 0 Å². The van der Waals surface area contributed by atoms with E-state index in [0.29, 0.717) is 17.2 Å². The van der Waals surface area contributed by atoms with Gasteiger partial charge in [0.1, 0.15) is 28.0 Å². The monoisotopic (exact) mass is 718 g/mol. The number of hydrogen-bond acceptors (Lipinski definition) is 6. The molecular weight excluding hydrogens is 689 g/mol. The van der Waals surface area contributed by atoms with Crippen molar-refractivity contribution < 1.29 is 8.83 Å². The summed E-state index contributed by atoms with van der Waals surface area (Å²) in [5.41, 5.74) is 13.3. The van der Waals surface area contributed by atoms with Crippen LogP contribution in [0.25, 0.3) is 112 Å². The Morgan fingerprint density at radius 3 is 1.62 bits per heavy atom. The van der Waals surface area contributed by atoms with Crippen molar-refractivity contribution in [3.8, 4) is 67.7 Å². The molecule has 0 saturated carbocycles. The zero-order valence-electron chi connectivity index (χ0n) is 29.9. The summed E-state index contributed by atoms with van der Waals surface area (Å²) in [7, 11) is 0. The molecule has 0 amide bonds. The topological polar surface area (TPSA) is 77.8 Å². The summed E-state index contributed by atoms with van der Waals surface area (Å²) in [5, 5.41) is 3.04. The van der Waals surface area contributed by atoms with Gasteiger partial charge in [0.25, 0.3) is 0 Å². The molecule has 0 unspecified atom stereocenters. The lowest BCUT2D eigenvalue weighted by molar-refractivity contribution is 0.666. The smallest absolute Gasteiger partial charge is 0.180 e. The van der Waals surface area contributed by atoms with Crippen LogP contribution in [-0.2, 0) is 0 Å². The molecule has 0 spiro atoms. The van der Waals surface area contributed by atoms with Gasteiger partial charge in [0.05, 0.1) is 11.4 Å². The highest BCUT2D eigenvalue weighted by molar-refractivity contribution is 6.14. The molecule has 262 valence electrons. The molecule has 0 saturated heterocycles. The van der Waals surface area contributed by atoms with Gasteiger partial charge in [0.2, 0.25) is 0 Å². The van der Waals surface area contributed by atoms with E-state index in [4.69, 9.17) is 28.8 Å².